The highest BCUT2D eigenvalue weighted by Gasteiger charge is 2.17. The fourth-order valence-electron chi connectivity index (χ4n) is 3.57. The molecule has 6 nitrogen and oxygen atoms in total. The Balaban J connectivity index is 1.44. The van der Waals surface area contributed by atoms with Gasteiger partial charge in [0.05, 0.1) is 9.79 Å². The zero-order chi connectivity index (χ0) is 25.0. The van der Waals surface area contributed by atoms with Crippen molar-refractivity contribution < 1.29 is 18.0 Å². The summed E-state index contributed by atoms with van der Waals surface area (Å²) in [5.74, 6) is -0.292. The van der Waals surface area contributed by atoms with Gasteiger partial charge in [0, 0.05) is 29.5 Å². The van der Waals surface area contributed by atoms with Gasteiger partial charge in [-0.1, -0.05) is 36.4 Å². The third-order valence-electron chi connectivity index (χ3n) is 5.65. The van der Waals surface area contributed by atoms with E-state index in [2.05, 4.69) is 10.6 Å². The summed E-state index contributed by atoms with van der Waals surface area (Å²) in [4.78, 5) is 24.5. The van der Waals surface area contributed by atoms with Crippen LogP contribution in [0.25, 0.3) is 11.1 Å². The molecule has 176 valence electrons. The molecule has 0 saturated carbocycles. The van der Waals surface area contributed by atoms with Gasteiger partial charge in [0.25, 0.3) is 5.91 Å². The molecule has 7 heteroatoms. The lowest BCUT2D eigenvalue weighted by Gasteiger charge is -2.09. The molecule has 0 aliphatic rings. The molecule has 4 aromatic carbocycles. The van der Waals surface area contributed by atoms with E-state index < -0.39 is 9.84 Å². The summed E-state index contributed by atoms with van der Waals surface area (Å²) in [5, 5.41) is 5.75. The Labute approximate surface area is 204 Å². The van der Waals surface area contributed by atoms with Crippen LogP contribution in [0.4, 0.5) is 11.4 Å². The Morgan fingerprint density at radius 1 is 0.600 bits per heavy atom. The number of benzene rings is 4. The summed E-state index contributed by atoms with van der Waals surface area (Å²) in [6.45, 7) is 1.53. The highest BCUT2D eigenvalue weighted by atomic mass is 32.2. The van der Waals surface area contributed by atoms with Gasteiger partial charge >= 0.3 is 0 Å². The Hall–Kier alpha value is -4.23. The first-order chi connectivity index (χ1) is 16.8. The van der Waals surface area contributed by atoms with Crippen LogP contribution in [0, 0.1) is 0 Å². The SMILES string of the molecule is CNc1ccc(S(=O)(=O)c2ccc(NC(=O)c3ccc(-c4ccc(C(C)=O)cc4)cc3)cc2)cc1. The van der Waals surface area contributed by atoms with Crippen molar-refractivity contribution in [2.75, 3.05) is 17.7 Å². The van der Waals surface area contributed by atoms with Crippen molar-refractivity contribution in [1.29, 1.82) is 0 Å². The van der Waals surface area contributed by atoms with E-state index in [0.717, 1.165) is 16.8 Å². The molecule has 0 spiro atoms. The highest BCUT2D eigenvalue weighted by molar-refractivity contribution is 7.91. The van der Waals surface area contributed by atoms with Crippen molar-refractivity contribution in [3.05, 3.63) is 108 Å². The van der Waals surface area contributed by atoms with Gasteiger partial charge in [0.1, 0.15) is 0 Å². The van der Waals surface area contributed by atoms with Gasteiger partial charge in [-0.25, -0.2) is 8.42 Å². The normalized spacial score (nSPS) is 11.0. The monoisotopic (exact) mass is 484 g/mol. The smallest absolute Gasteiger partial charge is 0.255 e. The summed E-state index contributed by atoms with van der Waals surface area (Å²) < 4.78 is 25.7. The molecule has 0 heterocycles. The van der Waals surface area contributed by atoms with Crippen molar-refractivity contribution in [1.82, 2.24) is 0 Å². The Kier molecular flexibility index (Phi) is 6.80. The first-order valence-electron chi connectivity index (χ1n) is 10.9. The van der Waals surface area contributed by atoms with Gasteiger partial charge in [-0.3, -0.25) is 9.59 Å². The van der Waals surface area contributed by atoms with Gasteiger partial charge in [0.15, 0.2) is 5.78 Å². The van der Waals surface area contributed by atoms with Crippen LogP contribution in [0.3, 0.4) is 0 Å². The number of ketones is 1. The van der Waals surface area contributed by atoms with E-state index in [9.17, 15) is 18.0 Å². The maximum atomic E-state index is 12.9. The molecular weight excluding hydrogens is 460 g/mol. The molecule has 0 fully saturated rings. The summed E-state index contributed by atoms with van der Waals surface area (Å²) >= 11 is 0. The van der Waals surface area contributed by atoms with Crippen molar-refractivity contribution >= 4 is 32.9 Å². The molecule has 0 atom stereocenters. The van der Waals surface area contributed by atoms with Crippen LogP contribution in [0.1, 0.15) is 27.6 Å². The number of amides is 1. The van der Waals surface area contributed by atoms with E-state index in [0.29, 0.717) is 16.8 Å². The predicted molar refractivity (Wildman–Crippen MR) is 138 cm³/mol. The minimum atomic E-state index is -3.66. The predicted octanol–water partition coefficient (Wildman–Crippen LogP) is 5.68. The second kappa shape index (κ2) is 9.95. The van der Waals surface area contributed by atoms with E-state index >= 15 is 0 Å². The Morgan fingerprint density at radius 3 is 1.46 bits per heavy atom. The molecular formula is C28H24N2O4S. The number of Topliss-reactive ketones (excluding diaryl/α,β-unsaturated/α-hetero) is 1. The van der Waals surface area contributed by atoms with Gasteiger partial charge in [-0.05, 0) is 78.7 Å². The maximum Gasteiger partial charge on any atom is 0.255 e. The largest absolute Gasteiger partial charge is 0.388 e. The lowest BCUT2D eigenvalue weighted by Crippen LogP contribution is -2.12. The minimum Gasteiger partial charge on any atom is -0.388 e. The molecule has 0 saturated heterocycles. The summed E-state index contributed by atoms with van der Waals surface area (Å²) in [6, 6.07) is 27.0. The van der Waals surface area contributed by atoms with E-state index in [1.165, 1.54) is 19.1 Å². The molecule has 4 aromatic rings. The number of carbonyl (C=O) groups is 2. The van der Waals surface area contributed by atoms with Gasteiger partial charge in [-0.15, -0.1) is 0 Å². The van der Waals surface area contributed by atoms with Crippen LogP contribution in [-0.2, 0) is 9.84 Å². The Morgan fingerprint density at radius 2 is 1.03 bits per heavy atom. The van der Waals surface area contributed by atoms with E-state index in [1.54, 1.807) is 67.7 Å². The van der Waals surface area contributed by atoms with Crippen molar-refractivity contribution in [2.24, 2.45) is 0 Å². The van der Waals surface area contributed by atoms with Gasteiger partial charge in [0.2, 0.25) is 9.84 Å². The highest BCUT2D eigenvalue weighted by Crippen LogP contribution is 2.24. The first-order valence-corrected chi connectivity index (χ1v) is 12.4. The maximum absolute atomic E-state index is 12.9. The van der Waals surface area contributed by atoms with E-state index in [-0.39, 0.29) is 21.5 Å². The summed E-state index contributed by atoms with van der Waals surface area (Å²) in [6.07, 6.45) is 0. The second-order valence-corrected chi connectivity index (χ2v) is 9.92. The summed E-state index contributed by atoms with van der Waals surface area (Å²) in [7, 11) is -1.90. The van der Waals surface area contributed by atoms with E-state index in [1.807, 2.05) is 24.3 Å². The molecule has 0 bridgehead atoms. The average Bonchev–Trinajstić information content (AvgIpc) is 2.89. The molecule has 1 amide bonds. The number of rotatable bonds is 7. The van der Waals surface area contributed by atoms with Crippen LogP contribution < -0.4 is 10.6 Å². The van der Waals surface area contributed by atoms with Crippen LogP contribution >= 0.6 is 0 Å². The van der Waals surface area contributed by atoms with Crippen LogP contribution in [-0.4, -0.2) is 27.2 Å². The molecule has 35 heavy (non-hydrogen) atoms. The molecule has 0 aromatic heterocycles. The summed E-state index contributed by atoms with van der Waals surface area (Å²) in [5.41, 5.74) is 4.29. The van der Waals surface area contributed by atoms with Crippen LogP contribution in [0.15, 0.2) is 107 Å². The number of nitrogens with one attached hydrogen (secondary N) is 2. The molecule has 4 rings (SSSR count). The van der Waals surface area contributed by atoms with Crippen molar-refractivity contribution in [3.8, 4) is 11.1 Å². The zero-order valence-electron chi connectivity index (χ0n) is 19.3. The standard InChI is InChI=1S/C28H24N2O4S/c1-19(31)20-3-5-21(6-4-20)22-7-9-23(10-8-22)28(32)30-25-13-17-27(18-14-25)35(33,34)26-15-11-24(29-2)12-16-26/h3-18,29H,1-2H3,(H,30,32). The van der Waals surface area contributed by atoms with E-state index in [4.69, 9.17) is 0 Å². The third-order valence-corrected chi connectivity index (χ3v) is 7.43. The first kappa shape index (κ1) is 23.9. The quantitative estimate of drug-likeness (QED) is 0.329. The van der Waals surface area contributed by atoms with Gasteiger partial charge in [-0.2, -0.15) is 0 Å². The van der Waals surface area contributed by atoms with Gasteiger partial charge < -0.3 is 10.6 Å². The number of anilines is 2. The van der Waals surface area contributed by atoms with Crippen LogP contribution in [0.2, 0.25) is 0 Å². The lowest BCUT2D eigenvalue weighted by molar-refractivity contribution is 0.101. The molecule has 0 radical (unpaired) electrons. The minimum absolute atomic E-state index is 0.0115. The fraction of sp³-hybridized carbons (Fsp3) is 0.0714. The molecule has 0 aliphatic carbocycles. The van der Waals surface area contributed by atoms with Crippen molar-refractivity contribution in [3.63, 3.8) is 0 Å². The van der Waals surface area contributed by atoms with Crippen molar-refractivity contribution in [2.45, 2.75) is 16.7 Å². The zero-order valence-corrected chi connectivity index (χ0v) is 20.1. The topological polar surface area (TPSA) is 92.3 Å². The fourth-order valence-corrected chi connectivity index (χ4v) is 4.83. The third kappa shape index (κ3) is 5.31. The second-order valence-electron chi connectivity index (χ2n) is 7.97. The molecule has 2 N–H and O–H groups in total. The Bertz CT molecular complexity index is 1460. The lowest BCUT2D eigenvalue weighted by atomic mass is 10.0. The molecule has 0 unspecified atom stereocenters. The number of hydrogen-bond donors (Lipinski definition) is 2. The average molecular weight is 485 g/mol. The number of carbonyl (C=O) groups excluding carboxylic acids is 2. The van der Waals surface area contributed by atoms with Crippen LogP contribution in [0.5, 0.6) is 0 Å². The number of sulfone groups is 1. The molecule has 0 aliphatic heterocycles. The number of hydrogen-bond acceptors (Lipinski definition) is 5.